The molecule has 1 N–H and O–H groups in total. The lowest BCUT2D eigenvalue weighted by molar-refractivity contribution is -0.125. The molecule has 7 heteroatoms. The number of imide groups is 1. The summed E-state index contributed by atoms with van der Waals surface area (Å²) in [5.41, 5.74) is 3.10. The van der Waals surface area contributed by atoms with Crippen molar-refractivity contribution < 1.29 is 14.0 Å². The number of amides is 3. The van der Waals surface area contributed by atoms with Gasteiger partial charge in [-0.1, -0.05) is 24.3 Å². The summed E-state index contributed by atoms with van der Waals surface area (Å²) in [7, 11) is 0. The number of anilines is 1. The molecule has 0 saturated carbocycles. The summed E-state index contributed by atoms with van der Waals surface area (Å²) in [4.78, 5) is 27.5. The third-order valence-corrected chi connectivity index (χ3v) is 4.30. The number of aromatic nitrogens is 2. The van der Waals surface area contributed by atoms with Gasteiger partial charge in [0.1, 0.15) is 12.4 Å². The van der Waals surface area contributed by atoms with E-state index in [1.807, 2.05) is 12.1 Å². The Balaban J connectivity index is 1.53. The summed E-state index contributed by atoms with van der Waals surface area (Å²) in [6, 6.07) is 12.8. The smallest absolute Gasteiger partial charge is 0.285 e. The van der Waals surface area contributed by atoms with Gasteiger partial charge in [0.2, 0.25) is 0 Å². The van der Waals surface area contributed by atoms with Crippen molar-refractivity contribution in [3.05, 3.63) is 72.3 Å². The zero-order chi connectivity index (χ0) is 18.1. The number of hydrogen-bond donors (Lipinski definition) is 1. The second kappa shape index (κ2) is 6.44. The lowest BCUT2D eigenvalue weighted by atomic mass is 10.1. The molecule has 3 amide bonds. The van der Waals surface area contributed by atoms with Crippen LogP contribution in [0.1, 0.15) is 5.56 Å². The lowest BCUT2D eigenvalue weighted by Crippen LogP contribution is -2.32. The lowest BCUT2D eigenvalue weighted by Gasteiger charge is -2.17. The zero-order valence-electron chi connectivity index (χ0n) is 13.7. The van der Waals surface area contributed by atoms with Crippen LogP contribution in [0, 0.1) is 5.82 Å². The van der Waals surface area contributed by atoms with Crippen molar-refractivity contribution >= 4 is 17.6 Å². The van der Waals surface area contributed by atoms with Crippen molar-refractivity contribution in [1.82, 2.24) is 15.1 Å². The Bertz CT molecular complexity index is 954. The quantitative estimate of drug-likeness (QED) is 0.735. The number of urea groups is 1. The Hall–Kier alpha value is -3.48. The second-order valence-electron chi connectivity index (χ2n) is 6.01. The first-order chi connectivity index (χ1) is 12.6. The normalized spacial score (nSPS) is 14.3. The van der Waals surface area contributed by atoms with Gasteiger partial charge in [-0.05, 0) is 35.4 Å². The maximum absolute atomic E-state index is 13.3. The van der Waals surface area contributed by atoms with E-state index in [4.69, 9.17) is 0 Å². The first-order valence-electron chi connectivity index (χ1n) is 8.07. The highest BCUT2D eigenvalue weighted by atomic mass is 19.1. The largest absolute Gasteiger partial charge is 0.332 e. The first-order valence-corrected chi connectivity index (χ1v) is 8.07. The zero-order valence-corrected chi connectivity index (χ0v) is 13.7. The van der Waals surface area contributed by atoms with E-state index >= 15 is 0 Å². The van der Waals surface area contributed by atoms with Gasteiger partial charge in [0.25, 0.3) is 5.91 Å². The molecule has 2 aromatic carbocycles. The van der Waals surface area contributed by atoms with E-state index in [9.17, 15) is 14.0 Å². The van der Waals surface area contributed by atoms with Gasteiger partial charge in [-0.2, -0.15) is 5.10 Å². The van der Waals surface area contributed by atoms with E-state index < -0.39 is 11.8 Å². The Kier molecular flexibility index (Phi) is 3.96. The molecule has 0 unspecified atom stereocenters. The molecule has 0 radical (unpaired) electrons. The van der Waals surface area contributed by atoms with Crippen LogP contribution in [0.25, 0.3) is 11.1 Å². The average Bonchev–Trinajstić information content (AvgIpc) is 3.26. The third kappa shape index (κ3) is 2.95. The number of benzene rings is 2. The molecule has 1 aliphatic heterocycles. The van der Waals surface area contributed by atoms with Crippen LogP contribution in [0.15, 0.2) is 60.9 Å². The van der Waals surface area contributed by atoms with Crippen molar-refractivity contribution in [3.63, 3.8) is 0 Å². The Morgan fingerprint density at radius 2 is 1.88 bits per heavy atom. The number of carbonyl (C=O) groups excluding carboxylic acids is 2. The third-order valence-electron chi connectivity index (χ3n) is 4.30. The van der Waals surface area contributed by atoms with Gasteiger partial charge >= 0.3 is 6.03 Å². The number of hydrogen-bond acceptors (Lipinski definition) is 3. The minimum atomic E-state index is -0.407. The summed E-state index contributed by atoms with van der Waals surface area (Å²) >= 11 is 0. The van der Waals surface area contributed by atoms with Crippen LogP contribution in [-0.4, -0.2) is 33.6 Å². The average molecular weight is 350 g/mol. The van der Waals surface area contributed by atoms with Crippen LogP contribution in [-0.2, 0) is 11.3 Å². The molecule has 3 aromatic rings. The molecule has 4 rings (SSSR count). The summed E-state index contributed by atoms with van der Waals surface area (Å²) in [6.45, 7) is 0.0260. The molecule has 1 aliphatic rings. The molecule has 6 nitrogen and oxygen atoms in total. The van der Waals surface area contributed by atoms with E-state index in [-0.39, 0.29) is 19.0 Å². The molecule has 26 heavy (non-hydrogen) atoms. The summed E-state index contributed by atoms with van der Waals surface area (Å²) < 4.78 is 13.3. The number of aromatic amines is 1. The predicted molar refractivity (Wildman–Crippen MR) is 93.7 cm³/mol. The van der Waals surface area contributed by atoms with Crippen molar-refractivity contribution in [2.45, 2.75) is 6.54 Å². The predicted octanol–water partition coefficient (Wildman–Crippen LogP) is 3.18. The summed E-state index contributed by atoms with van der Waals surface area (Å²) in [5, 5.41) is 6.66. The minimum Gasteiger partial charge on any atom is -0.285 e. The number of rotatable bonds is 4. The molecule has 1 aromatic heterocycles. The fourth-order valence-electron chi connectivity index (χ4n) is 2.96. The van der Waals surface area contributed by atoms with Gasteiger partial charge < -0.3 is 0 Å². The molecule has 2 heterocycles. The van der Waals surface area contributed by atoms with Gasteiger partial charge in [-0.3, -0.25) is 19.7 Å². The molecule has 0 atom stereocenters. The molecular formula is C19H15FN4O2. The molecule has 1 fully saturated rings. The van der Waals surface area contributed by atoms with E-state index in [0.717, 1.165) is 16.0 Å². The fourth-order valence-corrected chi connectivity index (χ4v) is 2.96. The Labute approximate surface area is 148 Å². The fraction of sp³-hybridized carbons (Fsp3) is 0.105. The van der Waals surface area contributed by atoms with Gasteiger partial charge in [-0.25, -0.2) is 9.18 Å². The Morgan fingerprint density at radius 3 is 2.58 bits per heavy atom. The topological polar surface area (TPSA) is 69.3 Å². The van der Waals surface area contributed by atoms with Gasteiger partial charge in [0.05, 0.1) is 12.7 Å². The number of nitrogens with zero attached hydrogens (tertiary/aromatic N) is 3. The maximum Gasteiger partial charge on any atom is 0.332 e. The van der Waals surface area contributed by atoms with Gasteiger partial charge in [0, 0.05) is 17.4 Å². The van der Waals surface area contributed by atoms with Gasteiger partial charge in [0.15, 0.2) is 0 Å². The van der Waals surface area contributed by atoms with Crippen LogP contribution in [0.3, 0.4) is 0 Å². The molecule has 0 bridgehead atoms. The van der Waals surface area contributed by atoms with Crippen LogP contribution in [0.2, 0.25) is 0 Å². The van der Waals surface area contributed by atoms with E-state index in [1.165, 1.54) is 17.0 Å². The molecule has 0 spiro atoms. The van der Waals surface area contributed by atoms with Crippen molar-refractivity contribution in [3.8, 4) is 11.1 Å². The number of halogens is 1. The van der Waals surface area contributed by atoms with E-state index in [1.54, 1.807) is 36.7 Å². The second-order valence-corrected chi connectivity index (χ2v) is 6.01. The highest BCUT2D eigenvalue weighted by Gasteiger charge is 2.36. The van der Waals surface area contributed by atoms with E-state index in [2.05, 4.69) is 10.2 Å². The van der Waals surface area contributed by atoms with Crippen LogP contribution >= 0.6 is 0 Å². The van der Waals surface area contributed by atoms with Crippen LogP contribution < -0.4 is 4.90 Å². The number of H-pyrrole nitrogens is 1. The van der Waals surface area contributed by atoms with Crippen molar-refractivity contribution in [2.75, 3.05) is 11.4 Å². The molecule has 0 aliphatic carbocycles. The molecule has 1 saturated heterocycles. The summed E-state index contributed by atoms with van der Waals surface area (Å²) in [5.74, 6) is -0.702. The Morgan fingerprint density at radius 1 is 1.08 bits per heavy atom. The highest BCUT2D eigenvalue weighted by Crippen LogP contribution is 2.26. The number of nitrogens with one attached hydrogen (secondary N) is 1. The van der Waals surface area contributed by atoms with Crippen molar-refractivity contribution in [1.29, 1.82) is 0 Å². The van der Waals surface area contributed by atoms with Crippen LogP contribution in [0.4, 0.5) is 14.9 Å². The van der Waals surface area contributed by atoms with Crippen molar-refractivity contribution in [2.24, 2.45) is 0 Å². The molecule has 130 valence electrons. The summed E-state index contributed by atoms with van der Waals surface area (Å²) in [6.07, 6.45) is 3.49. The number of carbonyl (C=O) groups is 2. The molecular weight excluding hydrogens is 335 g/mol. The minimum absolute atomic E-state index is 0.0286. The van der Waals surface area contributed by atoms with Gasteiger partial charge in [-0.15, -0.1) is 0 Å². The highest BCUT2D eigenvalue weighted by molar-refractivity contribution is 6.12. The standard InChI is InChI=1S/C19H15FN4O2/c20-16-3-1-2-13(8-16)11-24-18(25)12-23(19(24)26)17-6-4-14(5-7-17)15-9-21-22-10-15/h1-10H,11-12H2,(H,21,22). The first kappa shape index (κ1) is 16.0. The van der Waals surface area contributed by atoms with E-state index in [0.29, 0.717) is 11.3 Å². The SMILES string of the molecule is O=C1CN(c2ccc(-c3cn[nH]c3)cc2)C(=O)N1Cc1cccc(F)c1. The maximum atomic E-state index is 13.3. The van der Waals surface area contributed by atoms with Crippen LogP contribution in [0.5, 0.6) is 0 Å². The monoisotopic (exact) mass is 350 g/mol.